The molecule has 3 aromatic rings. The maximum Gasteiger partial charge on any atom is 0.310 e. The molecule has 2 aliphatic rings. The molecule has 3 aromatic carbocycles. The van der Waals surface area contributed by atoms with Gasteiger partial charge in [0.05, 0.1) is 27.2 Å². The van der Waals surface area contributed by atoms with Gasteiger partial charge in [-0.05, 0) is 89.6 Å². The fraction of sp³-hybridized carbons (Fsp3) is 0.429. The van der Waals surface area contributed by atoms with Crippen molar-refractivity contribution >= 4 is 11.9 Å². The number of aliphatic hydroxyl groups is 1. The number of phenolic OH excluding ortho intramolecular Hbond substituents is 2. The van der Waals surface area contributed by atoms with Crippen LogP contribution < -0.4 is 9.47 Å². The molecule has 234 valence electrons. The predicted molar refractivity (Wildman–Crippen MR) is 162 cm³/mol. The summed E-state index contributed by atoms with van der Waals surface area (Å²) in [6.07, 6.45) is 1.81. The van der Waals surface area contributed by atoms with Crippen LogP contribution in [0.5, 0.6) is 23.0 Å². The van der Waals surface area contributed by atoms with Gasteiger partial charge in [0.2, 0.25) is 0 Å². The molecule has 9 nitrogen and oxygen atoms in total. The molecular formula is C35H40O9. The Kier molecular flexibility index (Phi) is 9.64. The monoisotopic (exact) mass is 604 g/mol. The number of hydrogen-bond acceptors (Lipinski definition) is 9. The maximum atomic E-state index is 13.3. The largest absolute Gasteiger partial charge is 0.504 e. The van der Waals surface area contributed by atoms with Crippen LogP contribution in [0, 0.1) is 11.8 Å². The van der Waals surface area contributed by atoms with Crippen LogP contribution in [0.15, 0.2) is 54.6 Å². The average Bonchev–Trinajstić information content (AvgIpc) is 2.99. The lowest BCUT2D eigenvalue weighted by molar-refractivity contribution is -0.159. The summed E-state index contributed by atoms with van der Waals surface area (Å²) in [5.41, 5.74) is 4.46. The lowest BCUT2D eigenvalue weighted by atomic mass is 9.66. The number of methoxy groups -OCH3 is 2. The van der Waals surface area contributed by atoms with Crippen molar-refractivity contribution < 1.29 is 43.9 Å². The Morgan fingerprint density at radius 3 is 2.27 bits per heavy atom. The minimum absolute atomic E-state index is 0.0407. The third-order valence-corrected chi connectivity index (χ3v) is 8.96. The van der Waals surface area contributed by atoms with Crippen molar-refractivity contribution in [3.05, 3.63) is 82.4 Å². The lowest BCUT2D eigenvalue weighted by Crippen LogP contribution is -2.43. The van der Waals surface area contributed by atoms with Crippen LogP contribution in [0.3, 0.4) is 0 Å². The molecule has 0 saturated heterocycles. The molecule has 5 unspecified atom stereocenters. The summed E-state index contributed by atoms with van der Waals surface area (Å²) < 4.78 is 22.9. The molecule has 0 spiro atoms. The summed E-state index contributed by atoms with van der Waals surface area (Å²) in [7, 11) is 3.02. The van der Waals surface area contributed by atoms with Crippen molar-refractivity contribution in [1.29, 1.82) is 0 Å². The van der Waals surface area contributed by atoms with E-state index in [4.69, 9.17) is 18.9 Å². The van der Waals surface area contributed by atoms with Gasteiger partial charge in [-0.1, -0.05) is 30.3 Å². The van der Waals surface area contributed by atoms with E-state index in [1.54, 1.807) is 30.3 Å². The average molecular weight is 605 g/mol. The van der Waals surface area contributed by atoms with E-state index in [0.29, 0.717) is 49.2 Å². The zero-order valence-electron chi connectivity index (χ0n) is 25.3. The number of aliphatic hydroxyl groups excluding tert-OH is 1. The van der Waals surface area contributed by atoms with Crippen molar-refractivity contribution in [2.24, 2.45) is 11.8 Å². The Bertz CT molecular complexity index is 1500. The first-order valence-corrected chi connectivity index (χ1v) is 15.0. The van der Waals surface area contributed by atoms with Gasteiger partial charge in [0.25, 0.3) is 0 Å². The van der Waals surface area contributed by atoms with Crippen molar-refractivity contribution in [2.75, 3.05) is 14.2 Å². The molecule has 9 heteroatoms. The van der Waals surface area contributed by atoms with Crippen LogP contribution in [0.4, 0.5) is 0 Å². The SMILES string of the molecule is COc1cc(C2CC(OC(=O)Cc3cccc(CO)c3)CC(OC(C)=O)C3Cc4cc(OC)c(O)cc4CC3C2)ccc1O. The van der Waals surface area contributed by atoms with Gasteiger partial charge in [-0.3, -0.25) is 9.59 Å². The van der Waals surface area contributed by atoms with Crippen LogP contribution in [0.25, 0.3) is 0 Å². The second-order valence-electron chi connectivity index (χ2n) is 11.9. The van der Waals surface area contributed by atoms with Crippen molar-refractivity contribution in [3.8, 4) is 23.0 Å². The first-order valence-electron chi connectivity index (χ1n) is 15.0. The second-order valence-corrected chi connectivity index (χ2v) is 11.9. The molecule has 1 fully saturated rings. The number of fused-ring (bicyclic) bond motifs is 2. The van der Waals surface area contributed by atoms with Gasteiger partial charge in [-0.25, -0.2) is 0 Å². The zero-order valence-corrected chi connectivity index (χ0v) is 25.3. The van der Waals surface area contributed by atoms with Crippen LogP contribution in [0.2, 0.25) is 0 Å². The topological polar surface area (TPSA) is 132 Å². The van der Waals surface area contributed by atoms with Gasteiger partial charge >= 0.3 is 11.9 Å². The highest BCUT2D eigenvalue weighted by molar-refractivity contribution is 5.73. The van der Waals surface area contributed by atoms with Gasteiger partial charge in [0.15, 0.2) is 23.0 Å². The Morgan fingerprint density at radius 2 is 1.55 bits per heavy atom. The Morgan fingerprint density at radius 1 is 0.818 bits per heavy atom. The summed E-state index contributed by atoms with van der Waals surface area (Å²) in [5, 5.41) is 30.3. The zero-order chi connectivity index (χ0) is 31.4. The Hall–Kier alpha value is -4.24. The third-order valence-electron chi connectivity index (χ3n) is 8.96. The van der Waals surface area contributed by atoms with Gasteiger partial charge in [0.1, 0.15) is 12.2 Å². The lowest BCUT2D eigenvalue weighted by Gasteiger charge is -2.43. The summed E-state index contributed by atoms with van der Waals surface area (Å²) in [5.74, 6) is 0.0633. The number of hydrogen-bond donors (Lipinski definition) is 3. The van der Waals surface area contributed by atoms with Crippen LogP contribution in [-0.4, -0.2) is 53.7 Å². The molecule has 0 aliphatic heterocycles. The van der Waals surface area contributed by atoms with E-state index in [0.717, 1.165) is 22.3 Å². The van der Waals surface area contributed by atoms with Gasteiger partial charge in [-0.15, -0.1) is 0 Å². The molecule has 0 amide bonds. The number of rotatable bonds is 8. The minimum atomic E-state index is -0.547. The van der Waals surface area contributed by atoms with E-state index in [2.05, 4.69) is 0 Å². The minimum Gasteiger partial charge on any atom is -0.504 e. The molecule has 44 heavy (non-hydrogen) atoms. The van der Waals surface area contributed by atoms with E-state index in [1.165, 1.54) is 21.1 Å². The molecular weight excluding hydrogens is 564 g/mol. The first-order chi connectivity index (χ1) is 21.2. The molecule has 0 aromatic heterocycles. The van der Waals surface area contributed by atoms with Crippen LogP contribution in [-0.2, 0) is 44.9 Å². The van der Waals surface area contributed by atoms with Crippen LogP contribution in [0.1, 0.15) is 59.9 Å². The van der Waals surface area contributed by atoms with Gasteiger partial charge in [0, 0.05) is 19.3 Å². The highest BCUT2D eigenvalue weighted by atomic mass is 16.6. The molecule has 5 rings (SSSR count). The highest BCUT2D eigenvalue weighted by Gasteiger charge is 2.42. The molecule has 1 saturated carbocycles. The molecule has 0 bridgehead atoms. The molecule has 0 heterocycles. The third kappa shape index (κ3) is 7.10. The number of carbonyl (C=O) groups is 2. The van der Waals surface area contributed by atoms with Crippen molar-refractivity contribution in [1.82, 2.24) is 0 Å². The second kappa shape index (κ2) is 13.6. The van der Waals surface area contributed by atoms with E-state index in [-0.39, 0.29) is 42.3 Å². The Labute approximate surface area is 257 Å². The maximum absolute atomic E-state index is 13.3. The standard InChI is InChI=1S/C35H40O9/c1-20(37)43-32-18-28(44-35(40)10-21-5-4-6-22(9-21)19-36)13-24(23-7-8-30(38)33(16-23)41-2)11-27-12-25-15-31(39)34(42-3)17-26(25)14-29(27)32/h4-9,15-17,24,27-29,32,36,38-39H,10-14,18-19H2,1-3H3. The fourth-order valence-corrected chi connectivity index (χ4v) is 6.95. The summed E-state index contributed by atoms with van der Waals surface area (Å²) in [4.78, 5) is 25.6. The fourth-order valence-electron chi connectivity index (χ4n) is 6.95. The molecule has 3 N–H and O–H groups in total. The molecule has 2 aliphatic carbocycles. The quantitative estimate of drug-likeness (QED) is 0.304. The number of benzene rings is 3. The van der Waals surface area contributed by atoms with Crippen molar-refractivity contribution in [2.45, 2.75) is 70.2 Å². The summed E-state index contributed by atoms with van der Waals surface area (Å²) in [6, 6.07) is 16.1. The van der Waals surface area contributed by atoms with Crippen LogP contribution >= 0.6 is 0 Å². The normalized spacial score (nSPS) is 22.9. The van der Waals surface area contributed by atoms with E-state index < -0.39 is 24.1 Å². The number of aromatic hydroxyl groups is 2. The predicted octanol–water partition coefficient (Wildman–Crippen LogP) is 4.99. The van der Waals surface area contributed by atoms with Gasteiger partial charge in [-0.2, -0.15) is 0 Å². The number of carbonyl (C=O) groups excluding carboxylic acids is 2. The number of esters is 2. The number of phenols is 2. The smallest absolute Gasteiger partial charge is 0.310 e. The van der Waals surface area contributed by atoms with E-state index in [1.807, 2.05) is 24.3 Å². The molecule has 0 radical (unpaired) electrons. The summed E-state index contributed by atoms with van der Waals surface area (Å²) in [6.45, 7) is 1.27. The van der Waals surface area contributed by atoms with Crippen molar-refractivity contribution in [3.63, 3.8) is 0 Å². The van der Waals surface area contributed by atoms with E-state index in [9.17, 15) is 24.9 Å². The summed E-state index contributed by atoms with van der Waals surface area (Å²) >= 11 is 0. The first kappa shape index (κ1) is 31.2. The Balaban J connectivity index is 1.49. The number of ether oxygens (including phenoxy) is 4. The van der Waals surface area contributed by atoms with Gasteiger partial charge < -0.3 is 34.3 Å². The highest BCUT2D eigenvalue weighted by Crippen LogP contribution is 2.46. The molecule has 5 atom stereocenters. The van der Waals surface area contributed by atoms with E-state index >= 15 is 0 Å².